The predicted molar refractivity (Wildman–Crippen MR) is 139 cm³/mol. The van der Waals surface area contributed by atoms with Crippen LogP contribution in [0.2, 0.25) is 18.1 Å². The van der Waals surface area contributed by atoms with E-state index in [9.17, 15) is 12.8 Å². The van der Waals surface area contributed by atoms with E-state index in [1.165, 1.54) is 17.7 Å². The van der Waals surface area contributed by atoms with Gasteiger partial charge in [0.25, 0.3) is 10.1 Å². The lowest BCUT2D eigenvalue weighted by Crippen LogP contribution is -2.48. The van der Waals surface area contributed by atoms with Gasteiger partial charge in [0.1, 0.15) is 5.82 Å². The van der Waals surface area contributed by atoms with Crippen molar-refractivity contribution in [3.8, 4) is 5.69 Å². The zero-order valence-electron chi connectivity index (χ0n) is 21.6. The molecule has 2 aliphatic rings. The third kappa shape index (κ3) is 5.33. The van der Waals surface area contributed by atoms with E-state index in [-0.39, 0.29) is 28.1 Å². The molecule has 35 heavy (non-hydrogen) atoms. The van der Waals surface area contributed by atoms with Crippen LogP contribution in [0.4, 0.5) is 4.39 Å². The first kappa shape index (κ1) is 26.3. The van der Waals surface area contributed by atoms with Crippen molar-refractivity contribution in [1.82, 2.24) is 9.78 Å². The summed E-state index contributed by atoms with van der Waals surface area (Å²) in [6.07, 6.45) is 6.37. The van der Waals surface area contributed by atoms with Crippen molar-refractivity contribution in [2.75, 3.05) is 12.4 Å². The topological polar surface area (TPSA) is 70.4 Å². The molecular weight excluding hydrogens is 483 g/mol. The Bertz CT molecular complexity index is 1210. The minimum absolute atomic E-state index is 0.0335. The lowest BCUT2D eigenvalue weighted by Gasteiger charge is -2.47. The van der Waals surface area contributed by atoms with Gasteiger partial charge in [-0.1, -0.05) is 26.3 Å². The molecule has 2 aliphatic carbocycles. The summed E-state index contributed by atoms with van der Waals surface area (Å²) in [5.74, 6) is -0.316. The molecule has 1 heterocycles. The molecule has 0 unspecified atom stereocenters. The third-order valence-corrected chi connectivity index (χ3v) is 13.7. The highest BCUT2D eigenvalue weighted by Crippen LogP contribution is 2.50. The molecule has 4 rings (SSSR count). The molecule has 2 atom stereocenters. The van der Waals surface area contributed by atoms with Crippen molar-refractivity contribution in [1.29, 1.82) is 0 Å². The number of benzene rings is 1. The fraction of sp³-hybridized carbons (Fsp3) is 0.577. The highest BCUT2D eigenvalue weighted by Gasteiger charge is 2.47. The normalized spacial score (nSPS) is 22.9. The van der Waals surface area contributed by atoms with Crippen molar-refractivity contribution >= 4 is 24.5 Å². The van der Waals surface area contributed by atoms with Gasteiger partial charge < -0.3 is 4.43 Å². The summed E-state index contributed by atoms with van der Waals surface area (Å²) in [6.45, 7) is 13.3. The van der Waals surface area contributed by atoms with Crippen LogP contribution in [0.15, 0.2) is 36.0 Å². The maximum absolute atomic E-state index is 13.5. The summed E-state index contributed by atoms with van der Waals surface area (Å²) in [5.41, 5.74) is 3.79. The predicted octanol–water partition coefficient (Wildman–Crippen LogP) is 5.88. The fourth-order valence-electron chi connectivity index (χ4n) is 4.76. The van der Waals surface area contributed by atoms with Crippen molar-refractivity contribution in [2.24, 2.45) is 5.41 Å². The molecule has 0 N–H and O–H groups in total. The maximum Gasteiger partial charge on any atom is 0.267 e. The number of hydrogen-bond donors (Lipinski definition) is 0. The quantitative estimate of drug-likeness (QED) is 0.337. The van der Waals surface area contributed by atoms with E-state index < -0.39 is 18.4 Å². The lowest BCUT2D eigenvalue weighted by molar-refractivity contribution is 0.0646. The van der Waals surface area contributed by atoms with Crippen LogP contribution >= 0.6 is 0 Å². The summed E-state index contributed by atoms with van der Waals surface area (Å²) < 4.78 is 52.2. The second kappa shape index (κ2) is 9.25. The van der Waals surface area contributed by atoms with Gasteiger partial charge in [-0.3, -0.25) is 4.18 Å². The van der Waals surface area contributed by atoms with E-state index in [4.69, 9.17) is 8.61 Å². The SMILES string of the molecule is CCS(=O)(=O)O[C@H]1CCC2=Cc3c(cnn3-c3ccc(F)cc3)C[C@@]2(CO[Si](C)(C)C(C)(C)C)C1. The molecule has 0 spiro atoms. The van der Waals surface area contributed by atoms with E-state index in [1.807, 2.05) is 10.9 Å². The molecule has 0 bridgehead atoms. The van der Waals surface area contributed by atoms with E-state index in [2.05, 4.69) is 45.0 Å². The van der Waals surface area contributed by atoms with E-state index in [1.54, 1.807) is 19.1 Å². The van der Waals surface area contributed by atoms with Gasteiger partial charge in [-0.25, -0.2) is 9.07 Å². The van der Waals surface area contributed by atoms with Crippen LogP contribution in [0.1, 0.15) is 58.2 Å². The zero-order valence-corrected chi connectivity index (χ0v) is 23.4. The number of hydrogen-bond acceptors (Lipinski definition) is 5. The minimum atomic E-state index is -3.54. The van der Waals surface area contributed by atoms with Gasteiger partial charge in [0.2, 0.25) is 0 Å². The fourth-order valence-corrected chi connectivity index (χ4v) is 6.54. The highest BCUT2D eigenvalue weighted by atomic mass is 32.2. The molecule has 1 fully saturated rings. The first-order valence-corrected chi connectivity index (χ1v) is 16.8. The molecule has 9 heteroatoms. The molecule has 0 aliphatic heterocycles. The number of fused-ring (bicyclic) bond motifs is 2. The molecule has 1 aromatic carbocycles. The van der Waals surface area contributed by atoms with Crippen LogP contribution in [0, 0.1) is 11.2 Å². The first-order chi connectivity index (χ1) is 16.3. The molecule has 0 amide bonds. The third-order valence-electron chi connectivity index (χ3n) is 7.98. The van der Waals surface area contributed by atoms with Crippen molar-refractivity contribution < 1.29 is 21.4 Å². The largest absolute Gasteiger partial charge is 0.416 e. The minimum Gasteiger partial charge on any atom is -0.416 e. The van der Waals surface area contributed by atoms with Crippen LogP contribution < -0.4 is 0 Å². The first-order valence-electron chi connectivity index (χ1n) is 12.3. The Kier molecular flexibility index (Phi) is 6.94. The Hall–Kier alpha value is -1.81. The Morgan fingerprint density at radius 1 is 1.23 bits per heavy atom. The molecule has 1 saturated carbocycles. The smallest absolute Gasteiger partial charge is 0.267 e. The molecule has 0 radical (unpaired) electrons. The van der Waals surface area contributed by atoms with Gasteiger partial charge in [-0.2, -0.15) is 13.5 Å². The zero-order chi connectivity index (χ0) is 25.6. The van der Waals surface area contributed by atoms with Crippen molar-refractivity contribution in [3.63, 3.8) is 0 Å². The van der Waals surface area contributed by atoms with E-state index in [0.29, 0.717) is 25.9 Å². The molecule has 192 valence electrons. The van der Waals surface area contributed by atoms with Gasteiger partial charge in [-0.15, -0.1) is 0 Å². The highest BCUT2D eigenvalue weighted by molar-refractivity contribution is 7.86. The number of aromatic nitrogens is 2. The maximum atomic E-state index is 13.5. The van der Waals surface area contributed by atoms with Gasteiger partial charge in [0.15, 0.2) is 8.32 Å². The van der Waals surface area contributed by atoms with Crippen molar-refractivity contribution in [3.05, 3.63) is 53.1 Å². The molecule has 1 aromatic heterocycles. The average Bonchev–Trinajstić information content (AvgIpc) is 3.18. The number of halogens is 1. The van der Waals surface area contributed by atoms with Crippen LogP contribution in [-0.4, -0.2) is 45.0 Å². The molecule has 2 aromatic rings. The van der Waals surface area contributed by atoms with Crippen LogP contribution in [0.3, 0.4) is 0 Å². The van der Waals surface area contributed by atoms with Crippen molar-refractivity contribution in [2.45, 2.75) is 77.6 Å². The lowest BCUT2D eigenvalue weighted by atomic mass is 9.64. The molecule has 0 saturated heterocycles. The average molecular weight is 521 g/mol. The van der Waals surface area contributed by atoms with E-state index in [0.717, 1.165) is 23.4 Å². The molecule has 6 nitrogen and oxygen atoms in total. The van der Waals surface area contributed by atoms with Gasteiger partial charge in [0.05, 0.1) is 29.4 Å². The standard InChI is InChI=1S/C26H37FN2O4SSi/c1-7-34(30,31)33-23-13-8-20-14-24-19(17-28-29(24)22-11-9-21(27)10-12-22)15-26(20,16-23)18-32-35(5,6)25(2,3)4/h9-12,14,17,23H,7-8,13,15-16,18H2,1-6H3/t23-,26-/m0/s1. The molecular formula is C26H37FN2O4SSi. The summed E-state index contributed by atoms with van der Waals surface area (Å²) in [7, 11) is -5.58. The Balaban J connectivity index is 1.70. The Morgan fingerprint density at radius 3 is 2.54 bits per heavy atom. The number of nitrogens with zero attached hydrogens (tertiary/aromatic N) is 2. The summed E-state index contributed by atoms with van der Waals surface area (Å²) in [5, 5.41) is 4.68. The van der Waals surface area contributed by atoms with Crippen LogP contribution in [0.25, 0.3) is 11.8 Å². The summed E-state index contributed by atoms with van der Waals surface area (Å²) in [4.78, 5) is 0. The Morgan fingerprint density at radius 2 is 1.91 bits per heavy atom. The Labute approximate surface area is 209 Å². The second-order valence-corrected chi connectivity index (χ2v) is 18.1. The van der Waals surface area contributed by atoms with Gasteiger partial charge in [0, 0.05) is 12.0 Å². The summed E-state index contributed by atoms with van der Waals surface area (Å²) >= 11 is 0. The van der Waals surface area contributed by atoms with Crippen LogP contribution in [0.5, 0.6) is 0 Å². The monoisotopic (exact) mass is 520 g/mol. The number of rotatable bonds is 7. The summed E-state index contributed by atoms with van der Waals surface area (Å²) in [6, 6.07) is 6.33. The van der Waals surface area contributed by atoms with Crippen LogP contribution in [-0.2, 0) is 25.1 Å². The van der Waals surface area contributed by atoms with Gasteiger partial charge >= 0.3 is 0 Å². The van der Waals surface area contributed by atoms with Gasteiger partial charge in [-0.05, 0) is 86.6 Å². The van der Waals surface area contributed by atoms with E-state index >= 15 is 0 Å². The second-order valence-electron chi connectivity index (χ2n) is 11.4.